The Morgan fingerprint density at radius 3 is 2.83 bits per heavy atom. The van der Waals surface area contributed by atoms with Crippen LogP contribution < -0.4 is 5.73 Å². The van der Waals surface area contributed by atoms with Gasteiger partial charge >= 0.3 is 6.09 Å². The van der Waals surface area contributed by atoms with Crippen molar-refractivity contribution in [2.24, 2.45) is 0 Å². The Hall–Kier alpha value is -1.30. The number of nitrogen functional groups attached to an aromatic ring is 1. The largest absolute Gasteiger partial charge is 0.444 e. The van der Waals surface area contributed by atoms with E-state index < -0.39 is 5.60 Å². The molecule has 2 rings (SSSR count). The fraction of sp³-hybridized carbons (Fsp3) is 0.667. The fourth-order valence-corrected chi connectivity index (χ4v) is 2.96. The van der Waals surface area contributed by atoms with Crippen LogP contribution >= 0.6 is 11.3 Å². The number of carbonyl (C=O) groups excluding carboxylic acids is 1. The molecule has 1 aromatic rings. The number of thiazole rings is 1. The van der Waals surface area contributed by atoms with Gasteiger partial charge in [-0.25, -0.2) is 9.78 Å². The normalized spacial score (nSPS) is 19.6. The predicted octanol–water partition coefficient (Wildman–Crippen LogP) is 2.58. The van der Waals surface area contributed by atoms with Gasteiger partial charge in [-0.3, -0.25) is 0 Å². The van der Waals surface area contributed by atoms with Gasteiger partial charge in [0, 0.05) is 13.0 Å². The Morgan fingerprint density at radius 1 is 1.56 bits per heavy atom. The van der Waals surface area contributed by atoms with Gasteiger partial charge in [0.1, 0.15) is 5.60 Å². The Morgan fingerprint density at radius 2 is 2.22 bits per heavy atom. The second-order valence-electron chi connectivity index (χ2n) is 5.46. The minimum absolute atomic E-state index is 0.0154. The molecule has 1 aromatic heterocycles. The molecule has 6 heteroatoms. The van der Waals surface area contributed by atoms with E-state index in [0.717, 1.165) is 17.0 Å². The summed E-state index contributed by atoms with van der Waals surface area (Å²) in [5.74, 6) is 0. The highest BCUT2D eigenvalue weighted by Gasteiger charge is 2.33. The van der Waals surface area contributed by atoms with Gasteiger partial charge in [0.15, 0.2) is 5.13 Å². The molecule has 2 heterocycles. The number of hydrogen-bond donors (Lipinski definition) is 1. The van der Waals surface area contributed by atoms with Crippen LogP contribution in [0.25, 0.3) is 0 Å². The topological polar surface area (TPSA) is 68.5 Å². The summed E-state index contributed by atoms with van der Waals surface area (Å²) in [7, 11) is 0. The third kappa shape index (κ3) is 2.58. The van der Waals surface area contributed by atoms with Gasteiger partial charge in [-0.15, -0.1) is 0 Å². The third-order valence-corrected chi connectivity index (χ3v) is 3.91. The maximum absolute atomic E-state index is 12.1. The van der Waals surface area contributed by atoms with Gasteiger partial charge in [-0.2, -0.15) is 0 Å². The molecule has 0 fully saturated rings. The summed E-state index contributed by atoms with van der Waals surface area (Å²) >= 11 is 1.45. The maximum atomic E-state index is 12.1. The van der Waals surface area contributed by atoms with Crippen molar-refractivity contribution in [2.75, 3.05) is 12.3 Å². The molecule has 0 aromatic carbocycles. The van der Waals surface area contributed by atoms with Crippen molar-refractivity contribution >= 4 is 22.6 Å². The zero-order valence-electron chi connectivity index (χ0n) is 11.2. The summed E-state index contributed by atoms with van der Waals surface area (Å²) in [6.07, 6.45) is 0.472. The van der Waals surface area contributed by atoms with Crippen LogP contribution in [0.1, 0.15) is 44.3 Å². The lowest BCUT2D eigenvalue weighted by Gasteiger charge is -2.34. The van der Waals surface area contributed by atoms with Gasteiger partial charge < -0.3 is 15.4 Å². The monoisotopic (exact) mass is 269 g/mol. The third-order valence-electron chi connectivity index (χ3n) is 2.81. The molecule has 0 radical (unpaired) electrons. The molecule has 0 bridgehead atoms. The van der Waals surface area contributed by atoms with E-state index in [1.54, 1.807) is 4.90 Å². The molecule has 1 atom stereocenters. The minimum Gasteiger partial charge on any atom is -0.444 e. The molecule has 0 saturated heterocycles. The first-order valence-corrected chi connectivity index (χ1v) is 6.84. The van der Waals surface area contributed by atoms with Gasteiger partial charge in [0.25, 0.3) is 0 Å². The van der Waals surface area contributed by atoms with E-state index >= 15 is 0 Å². The molecule has 100 valence electrons. The van der Waals surface area contributed by atoms with Crippen molar-refractivity contribution in [1.29, 1.82) is 0 Å². The highest BCUT2D eigenvalue weighted by atomic mass is 32.1. The Bertz CT molecular complexity index is 464. The number of ether oxygens (including phenoxy) is 1. The van der Waals surface area contributed by atoms with E-state index in [2.05, 4.69) is 4.98 Å². The van der Waals surface area contributed by atoms with Crippen LogP contribution in [0, 0.1) is 0 Å². The first-order valence-electron chi connectivity index (χ1n) is 6.02. The maximum Gasteiger partial charge on any atom is 0.410 e. The number of fused-ring (bicyclic) bond motifs is 1. The minimum atomic E-state index is -0.468. The molecule has 2 N–H and O–H groups in total. The molecule has 1 aliphatic heterocycles. The average Bonchev–Trinajstić information content (AvgIpc) is 2.57. The molecule has 1 aliphatic rings. The summed E-state index contributed by atoms with van der Waals surface area (Å²) < 4.78 is 5.41. The molecule has 0 spiro atoms. The van der Waals surface area contributed by atoms with Crippen molar-refractivity contribution in [3.05, 3.63) is 10.6 Å². The van der Waals surface area contributed by atoms with E-state index in [-0.39, 0.29) is 12.1 Å². The molecular formula is C12H19N3O2S. The SMILES string of the molecule is C[C@@H]1c2sc(N)nc2CCN1C(=O)OC(C)(C)C. The molecular weight excluding hydrogens is 250 g/mol. The number of carbonyl (C=O) groups is 1. The summed E-state index contributed by atoms with van der Waals surface area (Å²) in [6.45, 7) is 8.23. The van der Waals surface area contributed by atoms with E-state index in [4.69, 9.17) is 10.5 Å². The van der Waals surface area contributed by atoms with E-state index in [9.17, 15) is 4.79 Å². The van der Waals surface area contributed by atoms with Crippen LogP contribution in [0.15, 0.2) is 0 Å². The van der Waals surface area contributed by atoms with Crippen LogP contribution in [0.4, 0.5) is 9.93 Å². The van der Waals surface area contributed by atoms with Crippen molar-refractivity contribution in [3.8, 4) is 0 Å². The van der Waals surface area contributed by atoms with Crippen LogP contribution in [0.2, 0.25) is 0 Å². The van der Waals surface area contributed by atoms with E-state index in [0.29, 0.717) is 11.7 Å². The van der Waals surface area contributed by atoms with E-state index in [1.807, 2.05) is 27.7 Å². The predicted molar refractivity (Wildman–Crippen MR) is 71.6 cm³/mol. The first kappa shape index (κ1) is 13.1. The van der Waals surface area contributed by atoms with Crippen LogP contribution in [0.3, 0.4) is 0 Å². The number of nitrogens with two attached hydrogens (primary N) is 1. The molecule has 0 aliphatic carbocycles. The summed E-state index contributed by atoms with van der Waals surface area (Å²) in [4.78, 5) is 19.2. The quantitative estimate of drug-likeness (QED) is 0.786. The lowest BCUT2D eigenvalue weighted by atomic mass is 10.1. The summed E-state index contributed by atoms with van der Waals surface area (Å²) in [5, 5.41) is 0.567. The Balaban J connectivity index is 2.16. The number of nitrogens with zero attached hydrogens (tertiary/aromatic N) is 2. The number of aromatic nitrogens is 1. The van der Waals surface area contributed by atoms with Crippen molar-refractivity contribution < 1.29 is 9.53 Å². The Kier molecular flexibility index (Phi) is 3.23. The lowest BCUT2D eigenvalue weighted by Crippen LogP contribution is -2.41. The van der Waals surface area contributed by atoms with Crippen molar-refractivity contribution in [2.45, 2.75) is 45.8 Å². The first-order chi connectivity index (χ1) is 8.28. The second kappa shape index (κ2) is 4.42. The van der Waals surface area contributed by atoms with Crippen molar-refractivity contribution in [1.82, 2.24) is 9.88 Å². The molecule has 1 amide bonds. The fourth-order valence-electron chi connectivity index (χ4n) is 2.02. The second-order valence-corrected chi connectivity index (χ2v) is 6.52. The molecule has 0 unspecified atom stereocenters. The number of rotatable bonds is 0. The molecule has 0 saturated carbocycles. The van der Waals surface area contributed by atoms with Gasteiger partial charge in [-0.05, 0) is 27.7 Å². The molecule has 18 heavy (non-hydrogen) atoms. The summed E-state index contributed by atoms with van der Waals surface area (Å²) in [6, 6.07) is -0.0154. The van der Waals surface area contributed by atoms with Gasteiger partial charge in [-0.1, -0.05) is 11.3 Å². The van der Waals surface area contributed by atoms with Gasteiger partial charge in [0.2, 0.25) is 0 Å². The smallest absolute Gasteiger partial charge is 0.410 e. The lowest BCUT2D eigenvalue weighted by molar-refractivity contribution is 0.0162. The van der Waals surface area contributed by atoms with Crippen molar-refractivity contribution in [3.63, 3.8) is 0 Å². The number of anilines is 1. The highest BCUT2D eigenvalue weighted by Crippen LogP contribution is 2.35. The van der Waals surface area contributed by atoms with E-state index in [1.165, 1.54) is 11.3 Å². The standard InChI is InChI=1S/C12H19N3O2S/c1-7-9-8(14-10(13)18-9)5-6-15(7)11(16)17-12(2,3)4/h7H,5-6H2,1-4H3,(H2,13,14)/t7-/m1/s1. The molecule has 5 nitrogen and oxygen atoms in total. The average molecular weight is 269 g/mol. The highest BCUT2D eigenvalue weighted by molar-refractivity contribution is 7.15. The Labute approximate surface area is 111 Å². The van der Waals surface area contributed by atoms with Gasteiger partial charge in [0.05, 0.1) is 16.6 Å². The summed E-state index contributed by atoms with van der Waals surface area (Å²) in [5.41, 5.74) is 6.27. The number of amides is 1. The van der Waals surface area contributed by atoms with Crippen LogP contribution in [0.5, 0.6) is 0 Å². The number of hydrogen-bond acceptors (Lipinski definition) is 5. The van der Waals surface area contributed by atoms with Crippen LogP contribution in [-0.2, 0) is 11.2 Å². The van der Waals surface area contributed by atoms with Crippen LogP contribution in [-0.4, -0.2) is 28.1 Å². The zero-order valence-corrected chi connectivity index (χ0v) is 12.0. The zero-order chi connectivity index (χ0) is 13.5.